The summed E-state index contributed by atoms with van der Waals surface area (Å²) < 4.78 is 5.79. The number of piperidine rings is 1. The predicted molar refractivity (Wildman–Crippen MR) is 77.7 cm³/mol. The van der Waals surface area contributed by atoms with Gasteiger partial charge in [-0.3, -0.25) is 0 Å². The molecular weight excluding hydrogens is 274 g/mol. The minimum atomic E-state index is -0.405. The van der Waals surface area contributed by atoms with Crippen molar-refractivity contribution in [1.82, 2.24) is 4.90 Å². The first-order valence-electron chi connectivity index (χ1n) is 7.26. The number of halogens is 1. The Hall–Kier alpha value is -0.770. The molecule has 1 fully saturated rings. The van der Waals surface area contributed by atoms with Crippen molar-refractivity contribution in [2.75, 3.05) is 26.2 Å². The van der Waals surface area contributed by atoms with E-state index in [2.05, 4.69) is 4.90 Å². The molecule has 1 saturated heterocycles. The summed E-state index contributed by atoms with van der Waals surface area (Å²) in [5.74, 6) is 0.917. The maximum Gasteiger partial charge on any atom is 0.125 e. The van der Waals surface area contributed by atoms with E-state index in [4.69, 9.17) is 4.74 Å². The van der Waals surface area contributed by atoms with Crippen molar-refractivity contribution >= 4 is 0 Å². The summed E-state index contributed by atoms with van der Waals surface area (Å²) in [6, 6.07) is 6.11. The Kier molecular flexibility index (Phi) is 7.35. The van der Waals surface area contributed by atoms with Crippen LogP contribution in [-0.4, -0.2) is 42.4 Å². The van der Waals surface area contributed by atoms with Crippen LogP contribution in [0, 0.1) is 13.8 Å². The average molecular weight is 299 g/mol. The zero-order valence-electron chi connectivity index (χ0n) is 12.4. The number of ether oxygens (including phenoxy) is 1. The summed E-state index contributed by atoms with van der Waals surface area (Å²) >= 11 is 0. The SMILES string of the molecule is Cc1cccc(C)c1OCC(O)CN1CCCCC1.[Cl-]. The van der Waals surface area contributed by atoms with Gasteiger partial charge in [0.1, 0.15) is 18.5 Å². The molecule has 114 valence electrons. The highest BCUT2D eigenvalue weighted by Gasteiger charge is 2.15. The van der Waals surface area contributed by atoms with Gasteiger partial charge in [0.15, 0.2) is 0 Å². The van der Waals surface area contributed by atoms with Gasteiger partial charge in [-0.2, -0.15) is 0 Å². The van der Waals surface area contributed by atoms with Gasteiger partial charge < -0.3 is 27.2 Å². The number of rotatable bonds is 5. The number of hydrogen-bond acceptors (Lipinski definition) is 3. The van der Waals surface area contributed by atoms with Crippen molar-refractivity contribution in [3.8, 4) is 5.75 Å². The molecule has 20 heavy (non-hydrogen) atoms. The third-order valence-electron chi connectivity index (χ3n) is 3.75. The van der Waals surface area contributed by atoms with E-state index in [0.29, 0.717) is 6.61 Å². The monoisotopic (exact) mass is 298 g/mol. The lowest BCUT2D eigenvalue weighted by atomic mass is 10.1. The normalized spacial score (nSPS) is 17.4. The molecule has 0 spiro atoms. The Morgan fingerprint density at radius 1 is 1.15 bits per heavy atom. The van der Waals surface area contributed by atoms with Crippen molar-refractivity contribution in [2.45, 2.75) is 39.2 Å². The van der Waals surface area contributed by atoms with Gasteiger partial charge in [0.25, 0.3) is 0 Å². The summed E-state index contributed by atoms with van der Waals surface area (Å²) in [7, 11) is 0. The van der Waals surface area contributed by atoms with Crippen molar-refractivity contribution in [3.63, 3.8) is 0 Å². The van der Waals surface area contributed by atoms with Gasteiger partial charge in [-0.25, -0.2) is 0 Å². The van der Waals surface area contributed by atoms with Crippen molar-refractivity contribution < 1.29 is 22.3 Å². The smallest absolute Gasteiger partial charge is 0.125 e. The quantitative estimate of drug-likeness (QED) is 0.798. The van der Waals surface area contributed by atoms with Crippen LogP contribution in [0.3, 0.4) is 0 Å². The minimum absolute atomic E-state index is 0. The summed E-state index contributed by atoms with van der Waals surface area (Å²) in [5.41, 5.74) is 2.26. The fourth-order valence-electron chi connectivity index (χ4n) is 2.70. The molecule has 0 amide bonds. The maximum atomic E-state index is 10.1. The molecule has 3 nitrogen and oxygen atoms in total. The Balaban J connectivity index is 0.00000200. The maximum absolute atomic E-state index is 10.1. The molecule has 1 aliphatic heterocycles. The van der Waals surface area contributed by atoms with Gasteiger partial charge in [0.2, 0.25) is 0 Å². The fourth-order valence-corrected chi connectivity index (χ4v) is 2.70. The Morgan fingerprint density at radius 2 is 1.75 bits per heavy atom. The van der Waals surface area contributed by atoms with Gasteiger partial charge in [-0.1, -0.05) is 24.6 Å². The number of hydrogen-bond donors (Lipinski definition) is 1. The van der Waals surface area contributed by atoms with E-state index in [9.17, 15) is 5.11 Å². The van der Waals surface area contributed by atoms with Crippen LogP contribution < -0.4 is 17.1 Å². The molecule has 0 radical (unpaired) electrons. The minimum Gasteiger partial charge on any atom is -1.00 e. The molecule has 1 unspecified atom stereocenters. The highest BCUT2D eigenvalue weighted by molar-refractivity contribution is 5.39. The number of β-amino-alcohol motifs (C(OH)–C–C–N with tert-alkyl or cyclic N) is 1. The standard InChI is InChI=1S/C16H25NO2.ClH/c1-13-7-6-8-14(2)16(13)19-12-15(18)11-17-9-4-3-5-10-17;/h6-8,15,18H,3-5,9-12H2,1-2H3;1H/p-1. The van der Waals surface area contributed by atoms with E-state index in [1.165, 1.54) is 19.3 Å². The molecular formula is C16H25ClNO2-. The van der Waals surface area contributed by atoms with Crippen molar-refractivity contribution in [2.24, 2.45) is 0 Å². The third kappa shape index (κ3) is 4.97. The van der Waals surface area contributed by atoms with Crippen LogP contribution in [0.5, 0.6) is 5.75 Å². The first-order chi connectivity index (χ1) is 9.16. The lowest BCUT2D eigenvalue weighted by Gasteiger charge is -2.28. The second kappa shape index (κ2) is 8.50. The summed E-state index contributed by atoms with van der Waals surface area (Å²) in [5, 5.41) is 10.1. The first kappa shape index (κ1) is 17.3. The molecule has 2 rings (SSSR count). The topological polar surface area (TPSA) is 32.7 Å². The lowest BCUT2D eigenvalue weighted by molar-refractivity contribution is -0.00000653. The van der Waals surface area contributed by atoms with Gasteiger partial charge in [0.05, 0.1) is 0 Å². The number of likely N-dealkylation sites (tertiary alicyclic amines) is 1. The second-order valence-electron chi connectivity index (χ2n) is 5.55. The Labute approximate surface area is 128 Å². The second-order valence-corrected chi connectivity index (χ2v) is 5.55. The molecule has 4 heteroatoms. The predicted octanol–water partition coefficient (Wildman–Crippen LogP) is -0.467. The van der Waals surface area contributed by atoms with Crippen LogP contribution in [0.2, 0.25) is 0 Å². The van der Waals surface area contributed by atoms with E-state index in [1.54, 1.807) is 0 Å². The zero-order valence-corrected chi connectivity index (χ0v) is 13.2. The first-order valence-corrected chi connectivity index (χ1v) is 7.26. The highest BCUT2D eigenvalue weighted by Crippen LogP contribution is 2.22. The fraction of sp³-hybridized carbons (Fsp3) is 0.625. The largest absolute Gasteiger partial charge is 1.00 e. The molecule has 1 heterocycles. The van der Waals surface area contributed by atoms with E-state index < -0.39 is 6.10 Å². The molecule has 1 aromatic rings. The molecule has 1 aliphatic rings. The zero-order chi connectivity index (χ0) is 13.7. The molecule has 0 bridgehead atoms. The Bertz CT molecular complexity index is 385. The van der Waals surface area contributed by atoms with Crippen LogP contribution in [0.4, 0.5) is 0 Å². The van der Waals surface area contributed by atoms with Crippen LogP contribution in [0.1, 0.15) is 30.4 Å². The van der Waals surface area contributed by atoms with Crippen molar-refractivity contribution in [3.05, 3.63) is 29.3 Å². The molecule has 0 aromatic heterocycles. The van der Waals surface area contributed by atoms with E-state index in [-0.39, 0.29) is 12.4 Å². The number of aliphatic hydroxyl groups is 1. The van der Waals surface area contributed by atoms with Gasteiger partial charge in [-0.05, 0) is 50.9 Å². The van der Waals surface area contributed by atoms with Crippen LogP contribution in [0.25, 0.3) is 0 Å². The number of aryl methyl sites for hydroxylation is 2. The lowest BCUT2D eigenvalue weighted by Crippen LogP contribution is -3.00. The summed E-state index contributed by atoms with van der Waals surface area (Å²) in [6.07, 6.45) is 3.43. The number of nitrogens with zero attached hydrogens (tertiary/aromatic N) is 1. The van der Waals surface area contributed by atoms with E-state index in [1.807, 2.05) is 32.0 Å². The highest BCUT2D eigenvalue weighted by atomic mass is 35.5. The third-order valence-corrected chi connectivity index (χ3v) is 3.75. The molecule has 1 aromatic carbocycles. The Morgan fingerprint density at radius 3 is 2.35 bits per heavy atom. The van der Waals surface area contributed by atoms with Gasteiger partial charge in [-0.15, -0.1) is 0 Å². The molecule has 1 N–H and O–H groups in total. The van der Waals surface area contributed by atoms with E-state index in [0.717, 1.165) is 36.5 Å². The van der Waals surface area contributed by atoms with Gasteiger partial charge in [0, 0.05) is 6.54 Å². The van der Waals surface area contributed by atoms with Gasteiger partial charge >= 0.3 is 0 Å². The molecule has 0 aliphatic carbocycles. The van der Waals surface area contributed by atoms with Crippen LogP contribution in [0.15, 0.2) is 18.2 Å². The molecule has 1 atom stereocenters. The number of benzene rings is 1. The van der Waals surface area contributed by atoms with E-state index >= 15 is 0 Å². The van der Waals surface area contributed by atoms with Crippen LogP contribution in [-0.2, 0) is 0 Å². The number of para-hydroxylation sites is 1. The average Bonchev–Trinajstić information content (AvgIpc) is 2.39. The summed E-state index contributed by atoms with van der Waals surface area (Å²) in [4.78, 5) is 2.34. The molecule has 0 saturated carbocycles. The van der Waals surface area contributed by atoms with Crippen molar-refractivity contribution in [1.29, 1.82) is 0 Å². The summed E-state index contributed by atoms with van der Waals surface area (Å²) in [6.45, 7) is 7.41. The van der Waals surface area contributed by atoms with Crippen LogP contribution >= 0.6 is 0 Å². The number of aliphatic hydroxyl groups excluding tert-OH is 1.